The van der Waals surface area contributed by atoms with E-state index in [4.69, 9.17) is 22.6 Å². The number of phenolic OH excluding ortho intramolecular Hbond substituents is 2. The predicted molar refractivity (Wildman–Crippen MR) is 180 cm³/mol. The molecule has 4 rings (SSSR count). The second-order valence-electron chi connectivity index (χ2n) is 8.11. The first-order chi connectivity index (χ1) is 23.8. The van der Waals surface area contributed by atoms with Crippen LogP contribution in [0.5, 0.6) is 17.2 Å². The Hall–Kier alpha value is -6.05. The predicted octanol–water partition coefficient (Wildman–Crippen LogP) is 2.84. The highest BCUT2D eigenvalue weighted by molar-refractivity contribution is 7.79. The molecule has 1 aliphatic heterocycles. The van der Waals surface area contributed by atoms with E-state index in [2.05, 4.69) is 27.6 Å². The highest BCUT2D eigenvalue weighted by Crippen LogP contribution is 2.16. The molecule has 0 radical (unpaired) electrons. The summed E-state index contributed by atoms with van der Waals surface area (Å²) in [6.45, 7) is 0. The number of hydrogen-bond donors (Lipinski definition) is 7. The van der Waals surface area contributed by atoms with Gasteiger partial charge in [0.15, 0.2) is 0 Å². The van der Waals surface area contributed by atoms with Crippen LogP contribution in [-0.2, 0) is 14.4 Å². The van der Waals surface area contributed by atoms with Crippen LogP contribution < -0.4 is 21.1 Å². The van der Waals surface area contributed by atoms with Crippen molar-refractivity contribution in [1.29, 1.82) is 1.12 Å². The number of nitrogens with one attached hydrogen (secondary N) is 2. The smallest absolute Gasteiger partial charge is 0.508 e. The van der Waals surface area contributed by atoms with Crippen molar-refractivity contribution in [3.05, 3.63) is 89.5 Å². The fraction of sp³-hybridized carbons (Fsp3) is 0.188. The van der Waals surface area contributed by atoms with Crippen molar-refractivity contribution in [2.45, 2.75) is 12.8 Å². The second kappa shape index (κ2) is 25.2. The summed E-state index contributed by atoms with van der Waals surface area (Å²) in [6, 6.07) is 17.1. The van der Waals surface area contributed by atoms with Crippen LogP contribution in [-0.4, -0.2) is 84.7 Å². The van der Waals surface area contributed by atoms with E-state index in [0.29, 0.717) is 16.2 Å². The van der Waals surface area contributed by atoms with Crippen LogP contribution in [0.4, 0.5) is 4.79 Å². The normalized spacial score (nSPS) is 10.9. The van der Waals surface area contributed by atoms with E-state index in [1.54, 1.807) is 25.4 Å². The Bertz CT molecular complexity index is 1540. The number of hydrogen-bond acceptors (Lipinski definition) is 12. The lowest BCUT2D eigenvalue weighted by Crippen LogP contribution is -2.33. The summed E-state index contributed by atoms with van der Waals surface area (Å²) in [7, 11) is 4.56. The standard InChI is InChI=1S/C13H12N2O6.C8H9NO2.C7H6O3.C2H2.CH5N.CH4S/c1-14-12(18)8-2-4-9(5-3-8)20-13(19)21-15-10(16)6-7-11(15)17;1-9-8(11)6-2-4-7(10)5-3-6;8-6-3-1-5(2-4-6)7(9)10;3*1-2/h2-5H,6-7H2,1H3,(H,14,18);2-5,10H,1H3,(H,9,11);1-4,8H,(H,9,10);1-2H;2H2,1H3;2H,1H3/i;;;1D;;/hD. The van der Waals surface area contributed by atoms with E-state index < -0.39 is 23.9 Å². The Morgan fingerprint density at radius 2 is 1.15 bits per heavy atom. The molecule has 3 aromatic carbocycles. The topological polar surface area (TPSA) is 235 Å². The molecule has 3 aromatic rings. The van der Waals surface area contributed by atoms with Crippen LogP contribution in [0.1, 0.15) is 45.3 Å². The molecule has 15 nitrogen and oxygen atoms in total. The molecule has 1 aliphatic rings. The molecule has 48 heavy (non-hydrogen) atoms. The number of imide groups is 1. The molecule has 1 heterocycles. The zero-order valence-electron chi connectivity index (χ0n) is 28.5. The van der Waals surface area contributed by atoms with E-state index in [-0.39, 0.29) is 47.5 Å². The fourth-order valence-electron chi connectivity index (χ4n) is 3.03. The zero-order valence-corrected chi connectivity index (χ0v) is 27.3. The summed E-state index contributed by atoms with van der Waals surface area (Å²) in [5, 5.41) is 31.3. The molecular formula is C32H38N4O11S. The molecule has 1 fully saturated rings. The van der Waals surface area contributed by atoms with Crippen LogP contribution in [0, 0.1) is 12.8 Å². The third-order valence-electron chi connectivity index (χ3n) is 5.19. The minimum Gasteiger partial charge on any atom is -0.508 e. The van der Waals surface area contributed by atoms with Crippen molar-refractivity contribution in [2.24, 2.45) is 5.73 Å². The number of amides is 4. The van der Waals surface area contributed by atoms with Gasteiger partial charge in [0.05, 0.1) is 5.56 Å². The number of aromatic hydroxyl groups is 2. The van der Waals surface area contributed by atoms with Crippen LogP contribution in [0.2, 0.25) is 0 Å². The number of rotatable bonds is 5. The Balaban J connectivity index is 0. The molecular weight excluding hydrogens is 648 g/mol. The number of nitrogens with zero attached hydrogens (tertiary/aromatic N) is 1. The zero-order chi connectivity index (χ0) is 38.6. The maximum atomic E-state index is 11.5. The summed E-state index contributed by atoms with van der Waals surface area (Å²) >= 11 is 1.000. The van der Waals surface area contributed by atoms with E-state index >= 15 is 0 Å². The summed E-state index contributed by atoms with van der Waals surface area (Å²) in [5.74, 6) is -2.24. The Morgan fingerprint density at radius 3 is 1.48 bits per heavy atom. The van der Waals surface area contributed by atoms with E-state index in [0.717, 1.165) is 12.5 Å². The summed E-state index contributed by atoms with van der Waals surface area (Å²) < 4.78 is 16.7. The van der Waals surface area contributed by atoms with Crippen LogP contribution in [0.25, 0.3) is 0 Å². The number of carbonyl (C=O) groups is 6. The fourth-order valence-corrected chi connectivity index (χ4v) is 3.03. The Morgan fingerprint density at radius 1 is 0.812 bits per heavy atom. The lowest BCUT2D eigenvalue weighted by molar-refractivity contribution is -0.174. The number of carboxylic acid groups (broad SMARTS) is 1. The molecule has 258 valence electrons. The van der Waals surface area contributed by atoms with E-state index in [1.165, 1.54) is 81.2 Å². The SMILES string of the molecule is CN.CNC(=O)c1ccc(O)cc1.CNC(=O)c1ccc(OC(=O)ON2C(=O)CCC2=O)cc1.O=C(O)c1ccc(O)cc1.[2H]C#C.[2H]SC. The van der Waals surface area contributed by atoms with Crippen molar-refractivity contribution in [2.75, 3.05) is 27.4 Å². The van der Waals surface area contributed by atoms with Gasteiger partial charge in [-0.05, 0) is 86.1 Å². The molecule has 0 unspecified atom stereocenters. The summed E-state index contributed by atoms with van der Waals surface area (Å²) in [4.78, 5) is 71.0. The van der Waals surface area contributed by atoms with Crippen LogP contribution in [0.3, 0.4) is 0 Å². The molecule has 4 amide bonds. The summed E-state index contributed by atoms with van der Waals surface area (Å²) in [6.07, 6.45) is 6.28. The lowest BCUT2D eigenvalue weighted by Gasteiger charge is -2.12. The van der Waals surface area contributed by atoms with Crippen molar-refractivity contribution in [3.8, 4) is 30.1 Å². The van der Waals surface area contributed by atoms with Gasteiger partial charge in [-0.3, -0.25) is 24.0 Å². The average Bonchev–Trinajstić information content (AvgIpc) is 3.42. The maximum Gasteiger partial charge on any atom is 0.539 e. The minimum absolute atomic E-state index is 0.00688. The minimum atomic E-state index is -1.20. The number of thiol groups is 1. The first-order valence-electron chi connectivity index (χ1n) is 14.2. The maximum absolute atomic E-state index is 11.5. The van der Waals surface area contributed by atoms with Gasteiger partial charge in [0.1, 0.15) is 19.7 Å². The Kier molecular flexibility index (Phi) is 21.0. The number of aromatic carboxylic acids is 1. The van der Waals surface area contributed by atoms with Gasteiger partial charge >= 0.3 is 12.1 Å². The molecule has 7 N–H and O–H groups in total. The monoisotopic (exact) mass is 688 g/mol. The number of benzene rings is 3. The largest absolute Gasteiger partial charge is 0.539 e. The number of nitrogens with two attached hydrogens (primary N) is 1. The first kappa shape index (κ1) is 40.0. The van der Waals surface area contributed by atoms with Gasteiger partial charge in [-0.15, -0.1) is 12.8 Å². The highest BCUT2D eigenvalue weighted by atomic mass is 32.1. The van der Waals surface area contributed by atoms with Crippen LogP contribution in [0.15, 0.2) is 72.8 Å². The van der Waals surface area contributed by atoms with Gasteiger partial charge in [-0.1, -0.05) is 5.06 Å². The number of carboxylic acids is 1. The van der Waals surface area contributed by atoms with Crippen molar-refractivity contribution >= 4 is 48.3 Å². The van der Waals surface area contributed by atoms with Gasteiger partial charge < -0.3 is 36.4 Å². The van der Waals surface area contributed by atoms with Gasteiger partial charge in [0.2, 0.25) is 0 Å². The molecule has 0 bridgehead atoms. The molecule has 0 aromatic heterocycles. The molecule has 0 spiro atoms. The number of carbonyl (C=O) groups excluding carboxylic acids is 5. The van der Waals surface area contributed by atoms with E-state index in [9.17, 15) is 28.8 Å². The molecule has 16 heteroatoms. The molecule has 1 saturated heterocycles. The third kappa shape index (κ3) is 16.3. The van der Waals surface area contributed by atoms with Gasteiger partial charge in [0, 0.05) is 38.1 Å². The number of terminal acetylenes is 1. The molecule has 0 atom stereocenters. The highest BCUT2D eigenvalue weighted by Gasteiger charge is 2.33. The number of hydroxylamine groups is 2. The third-order valence-corrected chi connectivity index (χ3v) is 5.19. The average molecular weight is 689 g/mol. The van der Waals surface area contributed by atoms with Crippen molar-refractivity contribution in [1.82, 2.24) is 15.7 Å². The first-order valence-corrected chi connectivity index (χ1v) is 14.1. The quantitative estimate of drug-likeness (QED) is 0.0674. The molecule has 0 aliphatic carbocycles. The van der Waals surface area contributed by atoms with Crippen molar-refractivity contribution in [3.63, 3.8) is 0 Å². The van der Waals surface area contributed by atoms with Crippen molar-refractivity contribution < 1.29 is 55.0 Å². The lowest BCUT2D eigenvalue weighted by atomic mass is 10.2. The number of phenols is 2. The molecule has 0 saturated carbocycles. The Labute approximate surface area is 285 Å². The van der Waals surface area contributed by atoms with Gasteiger partial charge in [0.25, 0.3) is 23.6 Å². The van der Waals surface area contributed by atoms with Gasteiger partial charge in [-0.2, -0.15) is 12.5 Å². The number of ether oxygens (including phenoxy) is 1. The van der Waals surface area contributed by atoms with E-state index in [1.807, 2.05) is 0 Å². The summed E-state index contributed by atoms with van der Waals surface area (Å²) in [5.41, 5.74) is 5.62. The van der Waals surface area contributed by atoms with Gasteiger partial charge in [-0.25, -0.2) is 9.59 Å². The van der Waals surface area contributed by atoms with Crippen LogP contribution >= 0.6 is 12.5 Å². The second-order valence-corrected chi connectivity index (χ2v) is 8.11.